The minimum atomic E-state index is -0.766. The Labute approximate surface area is 221 Å². The smallest absolute Gasteiger partial charge is 0.303 e. The lowest BCUT2D eigenvalue weighted by atomic mass is 9.79. The van der Waals surface area contributed by atoms with Gasteiger partial charge >= 0.3 is 5.97 Å². The van der Waals surface area contributed by atoms with Crippen molar-refractivity contribution in [2.24, 2.45) is 5.41 Å². The molecule has 4 heteroatoms. The number of hydrogen-bond donors (Lipinski definition) is 1. The van der Waals surface area contributed by atoms with Gasteiger partial charge in [-0.1, -0.05) is 69.7 Å². The lowest BCUT2D eigenvalue weighted by Crippen LogP contribution is -2.10. The highest BCUT2D eigenvalue weighted by atomic mass is 16.5. The molecule has 0 aromatic heterocycles. The van der Waals surface area contributed by atoms with Crippen LogP contribution in [0, 0.1) is 5.41 Å². The first-order chi connectivity index (χ1) is 17.8. The molecule has 1 atom stereocenters. The number of methoxy groups -OCH3 is 1. The lowest BCUT2D eigenvalue weighted by Gasteiger charge is -2.25. The van der Waals surface area contributed by atoms with Crippen LogP contribution in [0.2, 0.25) is 0 Å². The molecule has 4 rings (SSSR count). The van der Waals surface area contributed by atoms with E-state index in [0.29, 0.717) is 6.61 Å². The fraction of sp³-hybridized carbons (Fsp3) is 0.364. The predicted molar refractivity (Wildman–Crippen MR) is 150 cm³/mol. The van der Waals surface area contributed by atoms with Crippen molar-refractivity contribution in [3.8, 4) is 22.6 Å². The third-order valence-corrected chi connectivity index (χ3v) is 7.39. The van der Waals surface area contributed by atoms with Crippen LogP contribution in [0.5, 0.6) is 11.5 Å². The third kappa shape index (κ3) is 6.43. The van der Waals surface area contributed by atoms with E-state index in [9.17, 15) is 9.90 Å². The Morgan fingerprint density at radius 1 is 1.00 bits per heavy atom. The van der Waals surface area contributed by atoms with Crippen molar-refractivity contribution < 1.29 is 19.4 Å². The zero-order valence-electron chi connectivity index (χ0n) is 22.4. The Hall–Kier alpha value is -3.53. The van der Waals surface area contributed by atoms with Crippen molar-refractivity contribution in [2.45, 2.75) is 65.4 Å². The van der Waals surface area contributed by atoms with Gasteiger partial charge in [-0.25, -0.2) is 0 Å². The van der Waals surface area contributed by atoms with Crippen LogP contribution in [0.25, 0.3) is 16.7 Å². The molecule has 0 heterocycles. The average molecular weight is 499 g/mol. The molecule has 0 radical (unpaired) electrons. The maximum absolute atomic E-state index is 11.4. The van der Waals surface area contributed by atoms with Gasteiger partial charge in [0.2, 0.25) is 0 Å². The fourth-order valence-corrected chi connectivity index (χ4v) is 5.38. The summed E-state index contributed by atoms with van der Waals surface area (Å²) in [5, 5.41) is 9.34. The number of rotatable bonds is 11. The van der Waals surface area contributed by atoms with Crippen LogP contribution in [0.1, 0.15) is 75.5 Å². The summed E-state index contributed by atoms with van der Waals surface area (Å²) < 4.78 is 11.7. The highest BCUT2D eigenvalue weighted by molar-refractivity contribution is 5.85. The third-order valence-electron chi connectivity index (χ3n) is 7.39. The van der Waals surface area contributed by atoms with Crippen molar-refractivity contribution >= 4 is 11.5 Å². The largest absolute Gasteiger partial charge is 0.497 e. The summed E-state index contributed by atoms with van der Waals surface area (Å²) in [5.41, 5.74) is 7.19. The van der Waals surface area contributed by atoms with Gasteiger partial charge in [-0.05, 0) is 94.3 Å². The molecular weight excluding hydrogens is 460 g/mol. The number of benzene rings is 3. The summed E-state index contributed by atoms with van der Waals surface area (Å²) in [6, 6.07) is 22.7. The lowest BCUT2D eigenvalue weighted by molar-refractivity contribution is -0.137. The number of allylic oxidation sites excluding steroid dienone is 2. The van der Waals surface area contributed by atoms with Crippen LogP contribution in [0.4, 0.5) is 0 Å². The molecule has 4 nitrogen and oxygen atoms in total. The Kier molecular flexibility index (Phi) is 8.38. The zero-order valence-corrected chi connectivity index (χ0v) is 22.4. The molecule has 0 amide bonds. The molecule has 0 spiro atoms. The maximum Gasteiger partial charge on any atom is 0.303 e. The van der Waals surface area contributed by atoms with E-state index >= 15 is 0 Å². The predicted octanol–water partition coefficient (Wildman–Crippen LogP) is 8.50. The van der Waals surface area contributed by atoms with Gasteiger partial charge in [0.1, 0.15) is 18.1 Å². The molecule has 0 saturated carbocycles. The van der Waals surface area contributed by atoms with Crippen LogP contribution in [-0.4, -0.2) is 18.2 Å². The standard InChI is InChI=1S/C33H38O4/c1-5-9-24(21-32(34)35)25-10-6-13-28(19-25)37-22-23-15-16-29(26-11-7-12-27(20-26)36-4)30(18-23)31-14-8-17-33(31,2)3/h6-7,10-16,18-20,24H,5,8-9,17,21-22H2,1-4H3,(H,34,35)/t24-/m1/s1. The molecule has 3 aromatic rings. The van der Waals surface area contributed by atoms with E-state index < -0.39 is 5.97 Å². The van der Waals surface area contributed by atoms with Crippen molar-refractivity contribution in [3.63, 3.8) is 0 Å². The molecule has 0 bridgehead atoms. The summed E-state index contributed by atoms with van der Waals surface area (Å²) in [6.07, 6.45) is 6.53. The number of hydrogen-bond acceptors (Lipinski definition) is 3. The fourth-order valence-electron chi connectivity index (χ4n) is 5.38. The Morgan fingerprint density at radius 3 is 2.49 bits per heavy atom. The molecular formula is C33H38O4. The quantitative estimate of drug-likeness (QED) is 0.288. The second kappa shape index (κ2) is 11.7. The van der Waals surface area contributed by atoms with Crippen molar-refractivity contribution in [3.05, 3.63) is 89.5 Å². The summed E-state index contributed by atoms with van der Waals surface area (Å²) in [4.78, 5) is 11.4. The molecule has 37 heavy (non-hydrogen) atoms. The van der Waals surface area contributed by atoms with Crippen molar-refractivity contribution in [2.75, 3.05) is 7.11 Å². The van der Waals surface area contributed by atoms with Crippen LogP contribution in [0.3, 0.4) is 0 Å². The average Bonchev–Trinajstić information content (AvgIpc) is 3.25. The summed E-state index contributed by atoms with van der Waals surface area (Å²) in [5.74, 6) is 0.844. The second-order valence-electron chi connectivity index (χ2n) is 10.6. The van der Waals surface area contributed by atoms with Gasteiger partial charge in [0.15, 0.2) is 0 Å². The van der Waals surface area contributed by atoms with E-state index in [2.05, 4.69) is 57.2 Å². The van der Waals surface area contributed by atoms with E-state index in [-0.39, 0.29) is 17.8 Å². The van der Waals surface area contributed by atoms with Crippen LogP contribution in [-0.2, 0) is 11.4 Å². The summed E-state index contributed by atoms with van der Waals surface area (Å²) in [6.45, 7) is 7.17. The normalized spacial score (nSPS) is 15.2. The van der Waals surface area contributed by atoms with E-state index in [1.807, 2.05) is 36.4 Å². The number of ether oxygens (including phenoxy) is 2. The summed E-state index contributed by atoms with van der Waals surface area (Å²) in [7, 11) is 1.70. The molecule has 3 aromatic carbocycles. The molecule has 1 aliphatic carbocycles. The van der Waals surface area contributed by atoms with E-state index in [1.165, 1.54) is 16.7 Å². The molecule has 1 N–H and O–H groups in total. The molecule has 0 aliphatic heterocycles. The van der Waals surface area contributed by atoms with Gasteiger partial charge in [0.25, 0.3) is 0 Å². The van der Waals surface area contributed by atoms with Gasteiger partial charge in [-0.2, -0.15) is 0 Å². The zero-order chi connectivity index (χ0) is 26.4. The number of aliphatic carboxylic acids is 1. The first-order valence-electron chi connectivity index (χ1n) is 13.2. The highest BCUT2D eigenvalue weighted by Gasteiger charge is 2.30. The van der Waals surface area contributed by atoms with E-state index in [4.69, 9.17) is 9.47 Å². The van der Waals surface area contributed by atoms with Crippen LogP contribution < -0.4 is 9.47 Å². The first-order valence-corrected chi connectivity index (χ1v) is 13.2. The SMILES string of the molecule is CCC[C@H](CC(=O)O)c1cccc(OCc2ccc(-c3cccc(OC)c3)c(C3=CCCC3(C)C)c2)c1. The monoisotopic (exact) mass is 498 g/mol. The highest BCUT2D eigenvalue weighted by Crippen LogP contribution is 2.47. The van der Waals surface area contributed by atoms with E-state index in [1.54, 1.807) is 7.11 Å². The van der Waals surface area contributed by atoms with E-state index in [0.717, 1.165) is 53.9 Å². The van der Waals surface area contributed by atoms with Crippen molar-refractivity contribution in [1.82, 2.24) is 0 Å². The molecule has 194 valence electrons. The Morgan fingerprint density at radius 2 is 1.78 bits per heavy atom. The molecule has 0 fully saturated rings. The summed E-state index contributed by atoms with van der Waals surface area (Å²) >= 11 is 0. The van der Waals surface area contributed by atoms with Gasteiger partial charge in [0.05, 0.1) is 13.5 Å². The first kappa shape index (κ1) is 26.5. The minimum absolute atomic E-state index is 0.00339. The minimum Gasteiger partial charge on any atom is -0.497 e. The van der Waals surface area contributed by atoms with Crippen LogP contribution >= 0.6 is 0 Å². The second-order valence-corrected chi connectivity index (χ2v) is 10.6. The van der Waals surface area contributed by atoms with Gasteiger partial charge in [-0.3, -0.25) is 4.79 Å². The Bertz CT molecular complexity index is 1270. The van der Waals surface area contributed by atoms with Gasteiger partial charge in [-0.15, -0.1) is 0 Å². The number of carboxylic acid groups (broad SMARTS) is 1. The Balaban J connectivity index is 1.62. The van der Waals surface area contributed by atoms with Crippen molar-refractivity contribution in [1.29, 1.82) is 0 Å². The topological polar surface area (TPSA) is 55.8 Å². The molecule has 0 unspecified atom stereocenters. The molecule has 1 aliphatic rings. The maximum atomic E-state index is 11.4. The number of carbonyl (C=O) groups is 1. The molecule has 0 saturated heterocycles. The number of carboxylic acids is 1. The van der Waals surface area contributed by atoms with Gasteiger partial charge < -0.3 is 14.6 Å². The van der Waals surface area contributed by atoms with Gasteiger partial charge in [0, 0.05) is 0 Å². The van der Waals surface area contributed by atoms with Crippen LogP contribution in [0.15, 0.2) is 72.8 Å².